The number of nitrogens with zero attached hydrogens (tertiary/aromatic N) is 3. The smallest absolute Gasteiger partial charge is 0.196 e. The van der Waals surface area contributed by atoms with Crippen molar-refractivity contribution in [1.82, 2.24) is 9.80 Å². The first-order valence-electron chi connectivity index (χ1n) is 6.89. The molecule has 0 amide bonds. The van der Waals surface area contributed by atoms with Crippen LogP contribution in [0.4, 0.5) is 0 Å². The van der Waals surface area contributed by atoms with Gasteiger partial charge in [-0.25, -0.2) is 0 Å². The Hall–Kier alpha value is -0.665. The summed E-state index contributed by atoms with van der Waals surface area (Å²) < 4.78 is 0. The zero-order valence-electron chi connectivity index (χ0n) is 12.0. The number of hydrogen-bond acceptors (Lipinski definition) is 1. The molecule has 17 heavy (non-hydrogen) atoms. The molecule has 2 aliphatic rings. The van der Waals surface area contributed by atoms with Crippen molar-refractivity contribution in [2.24, 2.45) is 4.99 Å². The van der Waals surface area contributed by atoms with Crippen LogP contribution in [0.5, 0.6) is 0 Å². The van der Waals surface area contributed by atoms with Gasteiger partial charge in [0, 0.05) is 21.1 Å². The number of aliphatic imine (C=N–C) groups is 1. The lowest BCUT2D eigenvalue weighted by Crippen LogP contribution is -2.39. The van der Waals surface area contributed by atoms with Gasteiger partial charge in [0.15, 0.2) is 5.96 Å². The summed E-state index contributed by atoms with van der Waals surface area (Å²) >= 11 is 0. The van der Waals surface area contributed by atoms with Crippen LogP contribution >= 0.6 is 0 Å². The lowest BCUT2D eigenvalue weighted by atomic mass is 9.62. The van der Waals surface area contributed by atoms with E-state index in [4.69, 9.17) is 0 Å². The molecule has 4 heteroatoms. The third-order valence-corrected chi connectivity index (χ3v) is 4.64. The topological polar surface area (TPSA) is 18.8 Å². The molecule has 96 valence electrons. The molecule has 1 aliphatic heterocycles. The average molecular weight is 235 g/mol. The van der Waals surface area contributed by atoms with Crippen molar-refractivity contribution in [2.75, 3.05) is 21.1 Å². The van der Waals surface area contributed by atoms with Crippen LogP contribution < -0.4 is 0 Å². The lowest BCUT2D eigenvalue weighted by molar-refractivity contribution is 0.229. The fraction of sp³-hybridized carbons (Fsp3) is 0.923. The first-order chi connectivity index (χ1) is 7.96. The quantitative estimate of drug-likeness (QED) is 0.590. The molecule has 1 aliphatic carbocycles. The van der Waals surface area contributed by atoms with Gasteiger partial charge in [0.2, 0.25) is 0 Å². The summed E-state index contributed by atoms with van der Waals surface area (Å²) in [6.07, 6.45) is 6.72. The second-order valence-electron chi connectivity index (χ2n) is 6.49. The maximum atomic E-state index is 4.45. The lowest BCUT2D eigenvalue weighted by Gasteiger charge is -2.36. The summed E-state index contributed by atoms with van der Waals surface area (Å²) in [5.41, 5.74) is 0. The molecule has 0 radical (unpaired) electrons. The molecule has 1 saturated heterocycles. The molecule has 3 nitrogen and oxygen atoms in total. The van der Waals surface area contributed by atoms with Crippen LogP contribution in [0.25, 0.3) is 0 Å². The summed E-state index contributed by atoms with van der Waals surface area (Å²) in [4.78, 5) is 9.25. The fourth-order valence-electron chi connectivity index (χ4n) is 3.66. The Bertz CT molecular complexity index is 314. The van der Waals surface area contributed by atoms with Crippen molar-refractivity contribution in [2.45, 2.75) is 56.4 Å². The Kier molecular flexibility index (Phi) is 3.42. The van der Waals surface area contributed by atoms with E-state index in [2.05, 4.69) is 43.7 Å². The van der Waals surface area contributed by atoms with E-state index in [-0.39, 0.29) is 0 Å². The largest absolute Gasteiger partial charge is 0.341 e. The van der Waals surface area contributed by atoms with Gasteiger partial charge in [-0.15, -0.1) is 0 Å². The molecule has 0 bridgehead atoms. The number of likely N-dealkylation sites (N-methyl/N-ethyl adjacent to an activating group) is 2. The van der Waals surface area contributed by atoms with Crippen molar-refractivity contribution in [3.8, 4) is 0 Å². The fourth-order valence-corrected chi connectivity index (χ4v) is 3.66. The first-order valence-corrected chi connectivity index (χ1v) is 6.89. The van der Waals surface area contributed by atoms with Crippen LogP contribution in [0.1, 0.15) is 39.0 Å². The highest BCUT2D eigenvalue weighted by Gasteiger charge is 2.42. The van der Waals surface area contributed by atoms with E-state index < -0.39 is 0 Å². The third-order valence-electron chi connectivity index (χ3n) is 4.64. The molecule has 0 spiro atoms. The number of fused-ring (bicyclic) bond motifs is 1. The Morgan fingerprint density at radius 3 is 2.53 bits per heavy atom. The van der Waals surface area contributed by atoms with Crippen LogP contribution in [-0.4, -0.2) is 56.8 Å². The van der Waals surface area contributed by atoms with E-state index >= 15 is 0 Å². The number of hydrogen-bond donors (Lipinski definition) is 0. The van der Waals surface area contributed by atoms with Crippen LogP contribution in [0.15, 0.2) is 4.99 Å². The minimum absolute atomic E-state index is 0.474. The highest BCUT2D eigenvalue weighted by molar-refractivity contribution is 6.14. The Balaban J connectivity index is 2.24. The molecule has 3 atom stereocenters. The van der Waals surface area contributed by atoms with E-state index in [0.717, 1.165) is 5.96 Å². The Labute approximate surface area is 107 Å². The van der Waals surface area contributed by atoms with Crippen molar-refractivity contribution >= 4 is 13.8 Å². The molecule has 0 aromatic carbocycles. The second kappa shape index (κ2) is 4.54. The van der Waals surface area contributed by atoms with E-state index in [1.54, 1.807) is 0 Å². The van der Waals surface area contributed by atoms with Gasteiger partial charge >= 0.3 is 0 Å². The number of rotatable bonds is 0. The molecular weight excluding hydrogens is 209 g/mol. The monoisotopic (exact) mass is 235 g/mol. The molecule has 0 aromatic rings. The third kappa shape index (κ3) is 2.31. The van der Waals surface area contributed by atoms with Crippen molar-refractivity contribution in [1.29, 1.82) is 0 Å². The Morgan fingerprint density at radius 2 is 1.88 bits per heavy atom. The van der Waals surface area contributed by atoms with Gasteiger partial charge in [-0.2, -0.15) is 0 Å². The maximum absolute atomic E-state index is 4.45. The predicted molar refractivity (Wildman–Crippen MR) is 76.5 cm³/mol. The van der Waals surface area contributed by atoms with E-state index in [1.807, 2.05) is 7.05 Å². The van der Waals surface area contributed by atoms with Crippen LogP contribution in [0.2, 0.25) is 5.31 Å². The molecule has 2 fully saturated rings. The average Bonchev–Trinajstić information content (AvgIpc) is 2.44. The maximum Gasteiger partial charge on any atom is 0.196 e. The second-order valence-corrected chi connectivity index (χ2v) is 6.49. The highest BCUT2D eigenvalue weighted by Crippen LogP contribution is 2.41. The van der Waals surface area contributed by atoms with E-state index in [1.165, 1.54) is 32.1 Å². The summed E-state index contributed by atoms with van der Waals surface area (Å²) in [6, 6.07) is 1.31. The molecule has 0 aromatic heterocycles. The summed E-state index contributed by atoms with van der Waals surface area (Å²) in [6.45, 7) is 2.42. The molecule has 2 rings (SSSR count). The van der Waals surface area contributed by atoms with Gasteiger partial charge in [0.25, 0.3) is 0 Å². The molecular formula is C13H26BN3. The zero-order chi connectivity index (χ0) is 12.6. The molecule has 3 unspecified atom stereocenters. The minimum atomic E-state index is 0.474. The van der Waals surface area contributed by atoms with Gasteiger partial charge in [-0.3, -0.25) is 4.99 Å². The van der Waals surface area contributed by atoms with Gasteiger partial charge in [-0.1, -0.05) is 31.5 Å². The molecule has 1 saturated carbocycles. The standard InChI is InChI=1S/C13H26BN3/c1-13(14)8-6-5-7-10-11(9-13)17(4)12(15-2)16(10)3/h10-11H,5-9,14H2,1-4H3/b15-12-. The van der Waals surface area contributed by atoms with Crippen LogP contribution in [0.3, 0.4) is 0 Å². The first kappa shape index (κ1) is 12.8. The zero-order valence-corrected chi connectivity index (χ0v) is 12.0. The summed E-state index contributed by atoms with van der Waals surface area (Å²) in [5, 5.41) is 0.474. The van der Waals surface area contributed by atoms with Gasteiger partial charge in [0.05, 0.1) is 12.1 Å². The molecule has 0 N–H and O–H groups in total. The summed E-state index contributed by atoms with van der Waals surface area (Å²) in [5.74, 6) is 1.16. The van der Waals surface area contributed by atoms with Crippen LogP contribution in [0, 0.1) is 0 Å². The van der Waals surface area contributed by atoms with E-state index in [0.29, 0.717) is 17.4 Å². The minimum Gasteiger partial charge on any atom is -0.341 e. The SMILES string of the molecule is BC1(C)CCCCC2C(C1)N(C)/C(=N\C)N2C. The predicted octanol–water partition coefficient (Wildman–Crippen LogP) is 1.36. The van der Waals surface area contributed by atoms with Crippen LogP contribution in [-0.2, 0) is 0 Å². The van der Waals surface area contributed by atoms with Gasteiger partial charge in [-0.05, 0) is 12.8 Å². The van der Waals surface area contributed by atoms with Gasteiger partial charge in [0.1, 0.15) is 7.85 Å². The normalized spacial score (nSPS) is 41.3. The number of guanidine groups is 1. The van der Waals surface area contributed by atoms with Crippen molar-refractivity contribution < 1.29 is 0 Å². The highest BCUT2D eigenvalue weighted by atomic mass is 15.4. The molecule has 1 heterocycles. The van der Waals surface area contributed by atoms with Gasteiger partial charge < -0.3 is 9.80 Å². The Morgan fingerprint density at radius 1 is 1.24 bits per heavy atom. The summed E-state index contributed by atoms with van der Waals surface area (Å²) in [7, 11) is 8.75. The van der Waals surface area contributed by atoms with Crippen molar-refractivity contribution in [3.05, 3.63) is 0 Å². The van der Waals surface area contributed by atoms with Crippen molar-refractivity contribution in [3.63, 3.8) is 0 Å². The van der Waals surface area contributed by atoms with E-state index in [9.17, 15) is 0 Å².